The van der Waals surface area contributed by atoms with Crippen molar-refractivity contribution in [3.05, 3.63) is 38.9 Å². The molecule has 5 heteroatoms. The smallest absolute Gasteiger partial charge is 0.354 e. The largest absolute Gasteiger partial charge is 0.506 e. The first-order valence-corrected chi connectivity index (χ1v) is 4.50. The molecular weight excluding hydrogens is 255 g/mol. The zero-order chi connectivity index (χ0) is 10.3. The third-order valence-electron chi connectivity index (χ3n) is 1.80. The Bertz CT molecular complexity index is 562. The zero-order valence-electron chi connectivity index (χ0n) is 6.75. The summed E-state index contributed by atoms with van der Waals surface area (Å²) >= 11 is 2.85. The summed E-state index contributed by atoms with van der Waals surface area (Å²) in [4.78, 5) is 11.1. The third kappa shape index (κ3) is 1.21. The first kappa shape index (κ1) is 9.21. The molecule has 0 bridgehead atoms. The van der Waals surface area contributed by atoms with Gasteiger partial charge in [0, 0.05) is 0 Å². The van der Waals surface area contributed by atoms with Crippen LogP contribution in [0.25, 0.3) is 11.0 Å². The van der Waals surface area contributed by atoms with Crippen LogP contribution in [0.15, 0.2) is 31.9 Å². The fourth-order valence-electron chi connectivity index (χ4n) is 1.15. The van der Waals surface area contributed by atoms with E-state index in [0.29, 0.717) is 0 Å². The summed E-state index contributed by atoms with van der Waals surface area (Å²) in [6.45, 7) is 0. The minimum atomic E-state index is -0.805. The molecule has 72 valence electrons. The van der Waals surface area contributed by atoms with Gasteiger partial charge in [0.25, 0.3) is 0 Å². The third-order valence-corrected chi connectivity index (χ3v) is 2.50. The molecular formula is C9H4BrFO3. The van der Waals surface area contributed by atoms with Crippen molar-refractivity contribution in [3.8, 4) is 5.75 Å². The van der Waals surface area contributed by atoms with Gasteiger partial charge >= 0.3 is 5.63 Å². The van der Waals surface area contributed by atoms with Gasteiger partial charge in [-0.3, -0.25) is 0 Å². The second-order valence-corrected chi connectivity index (χ2v) is 3.46. The molecule has 0 unspecified atom stereocenters. The molecule has 1 aromatic carbocycles. The highest BCUT2D eigenvalue weighted by atomic mass is 79.9. The number of fused-ring (bicyclic) bond motifs is 1. The van der Waals surface area contributed by atoms with Gasteiger partial charge in [0.15, 0.2) is 11.4 Å². The molecule has 1 heterocycles. The molecule has 14 heavy (non-hydrogen) atoms. The highest BCUT2D eigenvalue weighted by Gasteiger charge is 2.13. The molecule has 0 aliphatic heterocycles. The first-order valence-electron chi connectivity index (χ1n) is 3.71. The SMILES string of the molecule is O=c1oc2c(F)cccc2c(O)c1Br. The van der Waals surface area contributed by atoms with Gasteiger partial charge in [-0.1, -0.05) is 6.07 Å². The monoisotopic (exact) mass is 258 g/mol. The van der Waals surface area contributed by atoms with Gasteiger partial charge in [-0.2, -0.15) is 0 Å². The summed E-state index contributed by atoms with van der Waals surface area (Å²) in [5, 5.41) is 9.65. The number of aromatic hydroxyl groups is 1. The van der Waals surface area contributed by atoms with Crippen LogP contribution in [0.5, 0.6) is 5.75 Å². The lowest BCUT2D eigenvalue weighted by molar-refractivity contribution is 0.457. The predicted molar refractivity (Wildman–Crippen MR) is 51.8 cm³/mol. The van der Waals surface area contributed by atoms with Crippen LogP contribution in [-0.2, 0) is 0 Å². The molecule has 0 amide bonds. The Kier molecular flexibility index (Phi) is 2.03. The lowest BCUT2D eigenvalue weighted by Gasteiger charge is -2.01. The van der Waals surface area contributed by atoms with Crippen molar-refractivity contribution in [3.63, 3.8) is 0 Å². The Morgan fingerprint density at radius 1 is 1.43 bits per heavy atom. The summed E-state index contributed by atoms with van der Waals surface area (Å²) in [5.41, 5.74) is -1.04. The van der Waals surface area contributed by atoms with Crippen LogP contribution >= 0.6 is 15.9 Å². The van der Waals surface area contributed by atoms with Gasteiger partial charge < -0.3 is 9.52 Å². The minimum Gasteiger partial charge on any atom is -0.506 e. The van der Waals surface area contributed by atoms with Gasteiger partial charge in [0.1, 0.15) is 10.2 Å². The fraction of sp³-hybridized carbons (Fsp3) is 0. The quantitative estimate of drug-likeness (QED) is 0.739. The van der Waals surface area contributed by atoms with Crippen LogP contribution < -0.4 is 5.63 Å². The second-order valence-electron chi connectivity index (χ2n) is 2.67. The van der Waals surface area contributed by atoms with E-state index in [0.717, 1.165) is 6.07 Å². The van der Waals surface area contributed by atoms with E-state index in [2.05, 4.69) is 20.3 Å². The summed E-state index contributed by atoms with van der Waals surface area (Å²) in [5.74, 6) is -0.988. The van der Waals surface area contributed by atoms with Crippen molar-refractivity contribution in [2.24, 2.45) is 0 Å². The van der Waals surface area contributed by atoms with Gasteiger partial charge in [-0.15, -0.1) is 0 Å². The van der Waals surface area contributed by atoms with Crippen molar-refractivity contribution >= 4 is 26.9 Å². The molecule has 0 spiro atoms. The molecule has 2 rings (SSSR count). The van der Waals surface area contributed by atoms with E-state index >= 15 is 0 Å². The maximum Gasteiger partial charge on any atom is 0.354 e. The molecule has 3 nitrogen and oxygen atoms in total. The van der Waals surface area contributed by atoms with Crippen LogP contribution in [0.1, 0.15) is 0 Å². The summed E-state index contributed by atoms with van der Waals surface area (Å²) < 4.78 is 17.7. The highest BCUT2D eigenvalue weighted by Crippen LogP contribution is 2.30. The highest BCUT2D eigenvalue weighted by molar-refractivity contribution is 9.10. The normalized spacial score (nSPS) is 10.7. The summed E-state index contributed by atoms with van der Waals surface area (Å²) in [6, 6.07) is 4.03. The maximum absolute atomic E-state index is 13.1. The Hall–Kier alpha value is -1.36. The van der Waals surface area contributed by atoms with E-state index in [1.165, 1.54) is 12.1 Å². The van der Waals surface area contributed by atoms with E-state index in [9.17, 15) is 14.3 Å². The summed E-state index contributed by atoms with van der Waals surface area (Å²) in [6.07, 6.45) is 0. The van der Waals surface area contributed by atoms with E-state index in [4.69, 9.17) is 0 Å². The topological polar surface area (TPSA) is 50.4 Å². The van der Waals surface area contributed by atoms with Crippen molar-refractivity contribution in [2.75, 3.05) is 0 Å². The van der Waals surface area contributed by atoms with Gasteiger partial charge in [-0.25, -0.2) is 9.18 Å². The van der Waals surface area contributed by atoms with Crippen LogP contribution in [-0.4, -0.2) is 5.11 Å². The fourth-order valence-corrected chi connectivity index (χ4v) is 1.45. The van der Waals surface area contributed by atoms with Crippen LogP contribution in [0.4, 0.5) is 4.39 Å². The van der Waals surface area contributed by atoms with Crippen LogP contribution in [0, 0.1) is 5.82 Å². The summed E-state index contributed by atoms with van der Waals surface area (Å²) in [7, 11) is 0. The number of halogens is 2. The maximum atomic E-state index is 13.1. The molecule has 0 aliphatic carbocycles. The average Bonchev–Trinajstić information content (AvgIpc) is 2.17. The molecule has 0 atom stereocenters. The van der Waals surface area contributed by atoms with E-state index in [1.807, 2.05) is 0 Å². The number of hydrogen-bond donors (Lipinski definition) is 1. The lowest BCUT2D eigenvalue weighted by Crippen LogP contribution is -2.00. The zero-order valence-corrected chi connectivity index (χ0v) is 8.34. The molecule has 1 N–H and O–H groups in total. The number of hydrogen-bond acceptors (Lipinski definition) is 3. The van der Waals surface area contributed by atoms with Crippen molar-refractivity contribution < 1.29 is 13.9 Å². The standard InChI is InChI=1S/C9H4BrFO3/c10-6-7(12)4-2-1-3-5(11)8(4)14-9(6)13/h1-3,12H. The second kappa shape index (κ2) is 3.09. The number of rotatable bonds is 0. The Morgan fingerprint density at radius 2 is 2.14 bits per heavy atom. The molecule has 0 aliphatic rings. The molecule has 2 aromatic rings. The van der Waals surface area contributed by atoms with E-state index in [1.54, 1.807) is 0 Å². The van der Waals surface area contributed by atoms with Crippen LogP contribution in [0.3, 0.4) is 0 Å². The molecule has 0 radical (unpaired) electrons. The first-order chi connectivity index (χ1) is 6.61. The van der Waals surface area contributed by atoms with Crippen molar-refractivity contribution in [1.29, 1.82) is 0 Å². The van der Waals surface area contributed by atoms with Gasteiger partial charge in [0.2, 0.25) is 0 Å². The van der Waals surface area contributed by atoms with Crippen LogP contribution in [0.2, 0.25) is 0 Å². The predicted octanol–water partition coefficient (Wildman–Crippen LogP) is 2.40. The Labute approximate surface area is 85.9 Å². The van der Waals surface area contributed by atoms with Gasteiger partial charge in [-0.05, 0) is 28.1 Å². The average molecular weight is 259 g/mol. The molecule has 1 aromatic heterocycles. The van der Waals surface area contributed by atoms with Gasteiger partial charge in [0.05, 0.1) is 5.39 Å². The molecule has 0 saturated carbocycles. The molecule has 0 saturated heterocycles. The van der Waals surface area contributed by atoms with E-state index in [-0.39, 0.29) is 21.2 Å². The van der Waals surface area contributed by atoms with Crippen molar-refractivity contribution in [1.82, 2.24) is 0 Å². The lowest BCUT2D eigenvalue weighted by atomic mass is 10.2. The minimum absolute atomic E-state index is 0.101. The molecule has 0 fully saturated rings. The van der Waals surface area contributed by atoms with E-state index < -0.39 is 11.4 Å². The Morgan fingerprint density at radius 3 is 2.86 bits per heavy atom. The number of benzene rings is 1. The Balaban J connectivity index is 3.06. The number of para-hydroxylation sites is 1. The van der Waals surface area contributed by atoms with Crippen molar-refractivity contribution in [2.45, 2.75) is 0 Å².